The van der Waals surface area contributed by atoms with Gasteiger partial charge in [-0.15, -0.1) is 0 Å². The van der Waals surface area contributed by atoms with Crippen molar-refractivity contribution in [2.24, 2.45) is 0 Å². The van der Waals surface area contributed by atoms with Crippen LogP contribution in [0.15, 0.2) is 76.2 Å². The van der Waals surface area contributed by atoms with Crippen molar-refractivity contribution in [1.29, 1.82) is 0 Å². The summed E-state index contributed by atoms with van der Waals surface area (Å²) < 4.78 is 100. The lowest BCUT2D eigenvalue weighted by Crippen LogP contribution is -2.05. The van der Waals surface area contributed by atoms with Crippen LogP contribution in [0.1, 0.15) is 17.4 Å². The van der Waals surface area contributed by atoms with Crippen molar-refractivity contribution in [3.8, 4) is 39.4 Å². The topological polar surface area (TPSA) is 78.0 Å². The molecule has 0 radical (unpaired) electrons. The van der Waals surface area contributed by atoms with Crippen molar-refractivity contribution >= 4 is 9.84 Å². The molecule has 0 spiro atoms. The van der Waals surface area contributed by atoms with Gasteiger partial charge in [0.25, 0.3) is 0 Å². The molecule has 0 aliphatic rings. The van der Waals surface area contributed by atoms with Crippen molar-refractivity contribution in [1.82, 2.24) is 14.5 Å². The lowest BCUT2D eigenvalue weighted by molar-refractivity contribution is -0.141. The number of aryl methyl sites for hydroxylation is 2. The summed E-state index contributed by atoms with van der Waals surface area (Å²) in [5.41, 5.74) is 0.342. The van der Waals surface area contributed by atoms with Crippen molar-refractivity contribution in [3.05, 3.63) is 95.9 Å². The molecule has 2 aromatic heterocycles. The predicted octanol–water partition coefficient (Wildman–Crippen LogP) is 7.18. The van der Waals surface area contributed by atoms with E-state index < -0.39 is 33.3 Å². The second-order valence-electron chi connectivity index (χ2n) is 9.11. The third kappa shape index (κ3) is 5.14. The lowest BCUT2D eigenvalue weighted by atomic mass is 9.98. The van der Waals surface area contributed by atoms with E-state index in [1.807, 2.05) is 0 Å². The van der Waals surface area contributed by atoms with Crippen molar-refractivity contribution < 1.29 is 34.8 Å². The van der Waals surface area contributed by atoms with Gasteiger partial charge in [-0.25, -0.2) is 27.2 Å². The number of oxazole rings is 1. The molecule has 0 saturated carbocycles. The molecule has 0 aliphatic carbocycles. The Morgan fingerprint density at radius 3 is 2.25 bits per heavy atom. The molecule has 2 heterocycles. The van der Waals surface area contributed by atoms with Gasteiger partial charge in [0.15, 0.2) is 27.2 Å². The van der Waals surface area contributed by atoms with E-state index in [0.29, 0.717) is 17.2 Å². The molecule has 12 heteroatoms. The van der Waals surface area contributed by atoms with Gasteiger partial charge < -0.3 is 8.98 Å². The SMILES string of the molecule is Cc1nc(-c2cc(-c3cccc(S(C)(=O)=O)c3)ccc2-n2cc(C(F)(F)F)nc2C)c(-c2ccc(F)cc2F)o1. The first-order valence-corrected chi connectivity index (χ1v) is 13.6. The molecule has 0 amide bonds. The van der Waals surface area contributed by atoms with Crippen LogP contribution in [0.5, 0.6) is 0 Å². The molecule has 5 rings (SSSR count). The normalized spacial score (nSPS) is 12.2. The fourth-order valence-electron chi connectivity index (χ4n) is 4.34. The highest BCUT2D eigenvalue weighted by Crippen LogP contribution is 2.40. The zero-order valence-corrected chi connectivity index (χ0v) is 22.0. The number of hydrogen-bond donors (Lipinski definition) is 0. The van der Waals surface area contributed by atoms with E-state index in [2.05, 4.69) is 9.97 Å². The van der Waals surface area contributed by atoms with E-state index in [4.69, 9.17) is 4.42 Å². The van der Waals surface area contributed by atoms with Crippen LogP contribution in [0.4, 0.5) is 22.0 Å². The summed E-state index contributed by atoms with van der Waals surface area (Å²) in [5, 5.41) is 0. The predicted molar refractivity (Wildman–Crippen MR) is 137 cm³/mol. The minimum absolute atomic E-state index is 0.0233. The van der Waals surface area contributed by atoms with Gasteiger partial charge in [0.1, 0.15) is 23.2 Å². The summed E-state index contributed by atoms with van der Waals surface area (Å²) >= 11 is 0. The summed E-state index contributed by atoms with van der Waals surface area (Å²) in [4.78, 5) is 8.12. The average Bonchev–Trinajstić information content (AvgIpc) is 3.46. The Hall–Kier alpha value is -4.32. The van der Waals surface area contributed by atoms with Gasteiger partial charge in [0.2, 0.25) is 0 Å². The number of sulfone groups is 1. The molecule has 0 fully saturated rings. The number of nitrogens with zero attached hydrogens (tertiary/aromatic N) is 3. The highest BCUT2D eigenvalue weighted by atomic mass is 32.2. The fourth-order valence-corrected chi connectivity index (χ4v) is 5.01. The molecule has 206 valence electrons. The number of aromatic nitrogens is 3. The minimum atomic E-state index is -4.70. The molecular weight excluding hydrogens is 553 g/mol. The van der Waals surface area contributed by atoms with Gasteiger partial charge in [-0.1, -0.05) is 18.2 Å². The fraction of sp³-hybridized carbons (Fsp3) is 0.143. The van der Waals surface area contributed by atoms with Crippen molar-refractivity contribution in [2.45, 2.75) is 24.9 Å². The highest BCUT2D eigenvalue weighted by molar-refractivity contribution is 7.90. The average molecular weight is 574 g/mol. The van der Waals surface area contributed by atoms with E-state index in [9.17, 15) is 30.4 Å². The van der Waals surface area contributed by atoms with Crippen LogP contribution in [0.3, 0.4) is 0 Å². The molecule has 40 heavy (non-hydrogen) atoms. The first-order valence-electron chi connectivity index (χ1n) is 11.7. The quantitative estimate of drug-likeness (QED) is 0.208. The summed E-state index contributed by atoms with van der Waals surface area (Å²) in [7, 11) is -3.53. The third-order valence-electron chi connectivity index (χ3n) is 6.19. The zero-order valence-electron chi connectivity index (χ0n) is 21.2. The van der Waals surface area contributed by atoms with Crippen molar-refractivity contribution in [3.63, 3.8) is 0 Å². The maximum atomic E-state index is 14.8. The van der Waals surface area contributed by atoms with Gasteiger partial charge in [-0.05, 0) is 54.4 Å². The Bertz CT molecular complexity index is 1870. The van der Waals surface area contributed by atoms with Gasteiger partial charge in [0.05, 0.1) is 16.1 Å². The van der Waals surface area contributed by atoms with E-state index in [-0.39, 0.29) is 44.9 Å². The number of imidazole rings is 1. The molecule has 0 bridgehead atoms. The van der Waals surface area contributed by atoms with Gasteiger partial charge in [-0.3, -0.25) is 0 Å². The molecule has 6 nitrogen and oxygen atoms in total. The van der Waals surface area contributed by atoms with Gasteiger partial charge in [0, 0.05) is 31.0 Å². The number of alkyl halides is 3. The highest BCUT2D eigenvalue weighted by Gasteiger charge is 2.35. The van der Waals surface area contributed by atoms with Crippen LogP contribution >= 0.6 is 0 Å². The minimum Gasteiger partial charge on any atom is -0.440 e. The Morgan fingerprint density at radius 2 is 1.60 bits per heavy atom. The Balaban J connectivity index is 1.79. The number of halogens is 5. The van der Waals surface area contributed by atoms with E-state index in [1.165, 1.54) is 42.7 Å². The van der Waals surface area contributed by atoms with Crippen molar-refractivity contribution in [2.75, 3.05) is 6.26 Å². The monoisotopic (exact) mass is 573 g/mol. The lowest BCUT2D eigenvalue weighted by Gasteiger charge is -2.14. The van der Waals surface area contributed by atoms with Gasteiger partial charge >= 0.3 is 6.18 Å². The van der Waals surface area contributed by atoms with Crippen LogP contribution in [0.2, 0.25) is 0 Å². The summed E-state index contributed by atoms with van der Waals surface area (Å²) in [6.45, 7) is 2.91. The molecule has 5 aromatic rings. The Labute approximate surface area is 225 Å². The van der Waals surface area contributed by atoms with Crippen LogP contribution < -0.4 is 0 Å². The van der Waals surface area contributed by atoms with Crippen LogP contribution in [0, 0.1) is 25.5 Å². The number of hydrogen-bond acceptors (Lipinski definition) is 5. The molecule has 0 unspecified atom stereocenters. The number of benzene rings is 3. The third-order valence-corrected chi connectivity index (χ3v) is 7.30. The summed E-state index contributed by atoms with van der Waals surface area (Å²) in [5.74, 6) is -1.64. The smallest absolute Gasteiger partial charge is 0.434 e. The molecule has 0 aliphatic heterocycles. The Morgan fingerprint density at radius 1 is 0.875 bits per heavy atom. The molecule has 0 N–H and O–H groups in total. The second kappa shape index (κ2) is 9.70. The van der Waals surface area contributed by atoms with Crippen LogP contribution in [-0.2, 0) is 16.0 Å². The van der Waals surface area contributed by atoms with E-state index in [1.54, 1.807) is 24.3 Å². The largest absolute Gasteiger partial charge is 0.440 e. The molecular formula is C28H20F5N3O3S. The van der Waals surface area contributed by atoms with Crippen LogP contribution in [0.25, 0.3) is 39.4 Å². The second-order valence-corrected chi connectivity index (χ2v) is 11.1. The van der Waals surface area contributed by atoms with Crippen LogP contribution in [-0.4, -0.2) is 29.2 Å². The summed E-state index contributed by atoms with van der Waals surface area (Å²) in [6, 6.07) is 13.8. The first kappa shape index (κ1) is 27.3. The molecule has 0 atom stereocenters. The van der Waals surface area contributed by atoms with E-state index >= 15 is 0 Å². The number of rotatable bonds is 5. The zero-order chi connectivity index (χ0) is 29.0. The van der Waals surface area contributed by atoms with E-state index in [0.717, 1.165) is 18.5 Å². The summed E-state index contributed by atoms with van der Waals surface area (Å²) in [6.07, 6.45) is -2.79. The maximum absolute atomic E-state index is 14.8. The standard InChI is InChI=1S/C28H20F5N3O3S/c1-15-34-25(28(31,32)33)14-36(15)24-10-7-18(17-5-4-6-20(11-17)40(3,37)38)12-22(24)26-27(39-16(2)35-26)21-9-8-19(29)13-23(21)30/h4-14H,1-3H3. The molecule has 0 saturated heterocycles. The van der Waals surface area contributed by atoms with Gasteiger partial charge in [-0.2, -0.15) is 13.2 Å². The first-order chi connectivity index (χ1) is 18.7. The maximum Gasteiger partial charge on any atom is 0.434 e. The Kier molecular flexibility index (Phi) is 6.61. The molecule has 3 aromatic carbocycles.